The number of rotatable bonds is 2. The number of halogens is 2. The summed E-state index contributed by atoms with van der Waals surface area (Å²) < 4.78 is 30.4. The molecule has 1 saturated carbocycles. The van der Waals surface area contributed by atoms with Gasteiger partial charge in [0.15, 0.2) is 0 Å². The monoisotopic (exact) mass is 214 g/mol. The number of hydrogen-bond acceptors (Lipinski definition) is 3. The molecule has 1 fully saturated rings. The number of methoxy groups -OCH3 is 1. The fourth-order valence-corrected chi connectivity index (χ4v) is 1.86. The maximum Gasteiger partial charge on any atom is 0.252 e. The van der Waals surface area contributed by atoms with Crippen molar-refractivity contribution in [3.05, 3.63) is 23.9 Å². The molecule has 0 bridgehead atoms. The predicted molar refractivity (Wildman–Crippen MR) is 50.8 cm³/mol. The van der Waals surface area contributed by atoms with Gasteiger partial charge in [-0.15, -0.1) is 0 Å². The van der Waals surface area contributed by atoms with Gasteiger partial charge in [-0.05, 0) is 6.07 Å². The molecule has 2 N–H and O–H groups in total. The van der Waals surface area contributed by atoms with E-state index in [9.17, 15) is 8.78 Å². The predicted octanol–water partition coefficient (Wildman–Crippen LogP) is 1.67. The fourth-order valence-electron chi connectivity index (χ4n) is 1.86. The molecule has 1 aliphatic rings. The van der Waals surface area contributed by atoms with E-state index in [2.05, 4.69) is 4.98 Å². The molecule has 0 unspecified atom stereocenters. The molecule has 0 aliphatic heterocycles. The molecule has 0 aromatic carbocycles. The molecular weight excluding hydrogens is 202 g/mol. The van der Waals surface area contributed by atoms with Crippen molar-refractivity contribution in [2.24, 2.45) is 5.73 Å². The Morgan fingerprint density at radius 3 is 2.60 bits per heavy atom. The zero-order chi connectivity index (χ0) is 11.1. The van der Waals surface area contributed by atoms with Gasteiger partial charge in [-0.3, -0.25) is 0 Å². The van der Waals surface area contributed by atoms with E-state index in [0.717, 1.165) is 0 Å². The molecule has 1 aromatic rings. The summed E-state index contributed by atoms with van der Waals surface area (Å²) in [5.74, 6) is -2.26. The van der Waals surface area contributed by atoms with E-state index < -0.39 is 11.5 Å². The second-order valence-electron chi connectivity index (χ2n) is 3.93. The summed E-state index contributed by atoms with van der Waals surface area (Å²) in [7, 11) is 1.48. The fraction of sp³-hybridized carbons (Fsp3) is 0.500. The molecule has 1 aromatic heterocycles. The summed E-state index contributed by atoms with van der Waals surface area (Å²) >= 11 is 0. The lowest BCUT2D eigenvalue weighted by atomic mass is 9.72. The van der Waals surface area contributed by atoms with Crippen molar-refractivity contribution in [2.45, 2.75) is 24.3 Å². The molecule has 82 valence electrons. The van der Waals surface area contributed by atoms with Crippen molar-refractivity contribution >= 4 is 0 Å². The van der Waals surface area contributed by atoms with E-state index in [4.69, 9.17) is 10.5 Å². The van der Waals surface area contributed by atoms with Crippen LogP contribution in [-0.4, -0.2) is 18.0 Å². The topological polar surface area (TPSA) is 48.1 Å². The zero-order valence-corrected chi connectivity index (χ0v) is 8.34. The highest BCUT2D eigenvalue weighted by Crippen LogP contribution is 2.49. The minimum absolute atomic E-state index is 0.347. The van der Waals surface area contributed by atoms with Gasteiger partial charge in [0.25, 0.3) is 5.92 Å². The summed E-state index contributed by atoms with van der Waals surface area (Å²) in [4.78, 5) is 4.07. The number of pyridine rings is 1. The molecule has 0 atom stereocenters. The molecule has 5 heteroatoms. The van der Waals surface area contributed by atoms with Crippen LogP contribution in [0.5, 0.6) is 5.88 Å². The van der Waals surface area contributed by atoms with Gasteiger partial charge in [-0.25, -0.2) is 13.8 Å². The Labute approximate surface area is 86.3 Å². The third-order valence-corrected chi connectivity index (χ3v) is 2.59. The minimum atomic E-state index is -2.65. The second kappa shape index (κ2) is 3.13. The van der Waals surface area contributed by atoms with Crippen LogP contribution in [0.3, 0.4) is 0 Å². The highest BCUT2D eigenvalue weighted by atomic mass is 19.3. The largest absolute Gasteiger partial charge is 0.481 e. The lowest BCUT2D eigenvalue weighted by molar-refractivity contribution is -0.126. The van der Waals surface area contributed by atoms with Gasteiger partial charge in [-0.1, -0.05) is 6.07 Å². The molecule has 1 heterocycles. The number of nitrogens with zero attached hydrogens (tertiary/aromatic N) is 1. The molecule has 0 spiro atoms. The quantitative estimate of drug-likeness (QED) is 0.814. The summed E-state index contributed by atoms with van der Waals surface area (Å²) in [6.45, 7) is 0. The van der Waals surface area contributed by atoms with Crippen LogP contribution in [0.15, 0.2) is 18.2 Å². The standard InChI is InChI=1S/C10H12F2N2O/c1-15-8-4-2-3-7(14-8)9(13)5-10(11,12)6-9/h2-4H,5-6,13H2,1H3. The first-order valence-corrected chi connectivity index (χ1v) is 4.63. The molecule has 0 saturated heterocycles. The Hall–Kier alpha value is -1.23. The Morgan fingerprint density at radius 2 is 2.07 bits per heavy atom. The SMILES string of the molecule is COc1cccc(C2(N)CC(F)(F)C2)n1. The lowest BCUT2D eigenvalue weighted by Gasteiger charge is -2.43. The molecule has 2 rings (SSSR count). The average molecular weight is 214 g/mol. The van der Waals surface area contributed by atoms with Gasteiger partial charge >= 0.3 is 0 Å². The van der Waals surface area contributed by atoms with Crippen molar-refractivity contribution in [3.8, 4) is 5.88 Å². The van der Waals surface area contributed by atoms with Crippen LogP contribution in [0.2, 0.25) is 0 Å². The van der Waals surface area contributed by atoms with E-state index in [1.165, 1.54) is 7.11 Å². The van der Waals surface area contributed by atoms with Crippen LogP contribution in [0, 0.1) is 0 Å². The van der Waals surface area contributed by atoms with E-state index >= 15 is 0 Å². The van der Waals surface area contributed by atoms with Crippen molar-refractivity contribution in [2.75, 3.05) is 7.11 Å². The first-order valence-electron chi connectivity index (χ1n) is 4.63. The average Bonchev–Trinajstić information content (AvgIpc) is 2.15. The van der Waals surface area contributed by atoms with Gasteiger partial charge < -0.3 is 10.5 Å². The van der Waals surface area contributed by atoms with Gasteiger partial charge in [0.1, 0.15) is 0 Å². The van der Waals surface area contributed by atoms with Crippen LogP contribution >= 0.6 is 0 Å². The van der Waals surface area contributed by atoms with E-state index in [1.807, 2.05) is 0 Å². The van der Waals surface area contributed by atoms with Gasteiger partial charge in [0, 0.05) is 18.9 Å². The van der Waals surface area contributed by atoms with Gasteiger partial charge in [0.2, 0.25) is 5.88 Å². The third-order valence-electron chi connectivity index (χ3n) is 2.59. The molecule has 0 radical (unpaired) electrons. The van der Waals surface area contributed by atoms with Crippen LogP contribution < -0.4 is 10.5 Å². The number of nitrogens with two attached hydrogens (primary N) is 1. The van der Waals surface area contributed by atoms with E-state index in [1.54, 1.807) is 18.2 Å². The number of ether oxygens (including phenoxy) is 1. The van der Waals surface area contributed by atoms with Crippen molar-refractivity contribution in [1.82, 2.24) is 4.98 Å². The van der Waals surface area contributed by atoms with Crippen LogP contribution in [0.25, 0.3) is 0 Å². The Kier molecular flexibility index (Phi) is 2.15. The van der Waals surface area contributed by atoms with Gasteiger partial charge in [0.05, 0.1) is 18.3 Å². The van der Waals surface area contributed by atoms with Crippen LogP contribution in [-0.2, 0) is 5.54 Å². The zero-order valence-electron chi connectivity index (χ0n) is 8.34. The van der Waals surface area contributed by atoms with Crippen LogP contribution in [0.1, 0.15) is 18.5 Å². The van der Waals surface area contributed by atoms with E-state index in [0.29, 0.717) is 11.6 Å². The van der Waals surface area contributed by atoms with Gasteiger partial charge in [-0.2, -0.15) is 0 Å². The first-order chi connectivity index (χ1) is 6.95. The Balaban J connectivity index is 2.23. The maximum absolute atomic E-state index is 12.8. The van der Waals surface area contributed by atoms with Crippen LogP contribution in [0.4, 0.5) is 8.78 Å². The van der Waals surface area contributed by atoms with E-state index in [-0.39, 0.29) is 12.8 Å². The first kappa shape index (κ1) is 10.3. The number of aromatic nitrogens is 1. The Morgan fingerprint density at radius 1 is 1.40 bits per heavy atom. The molecule has 1 aliphatic carbocycles. The summed E-state index contributed by atoms with van der Waals surface area (Å²) in [6.07, 6.45) is -0.694. The summed E-state index contributed by atoms with van der Waals surface area (Å²) in [6, 6.07) is 5.01. The molecular formula is C10H12F2N2O. The van der Waals surface area contributed by atoms with Crippen molar-refractivity contribution in [1.29, 1.82) is 0 Å². The Bertz CT molecular complexity index is 373. The maximum atomic E-state index is 12.8. The molecule has 0 amide bonds. The summed E-state index contributed by atoms with van der Waals surface area (Å²) in [5.41, 5.74) is 5.29. The summed E-state index contributed by atoms with van der Waals surface area (Å²) in [5, 5.41) is 0. The van der Waals surface area contributed by atoms with Crippen molar-refractivity contribution in [3.63, 3.8) is 0 Å². The smallest absolute Gasteiger partial charge is 0.252 e. The highest BCUT2D eigenvalue weighted by Gasteiger charge is 2.56. The normalized spacial score (nSPS) is 21.9. The number of hydrogen-bond donors (Lipinski definition) is 1. The van der Waals surface area contributed by atoms with Crippen molar-refractivity contribution < 1.29 is 13.5 Å². The highest BCUT2D eigenvalue weighted by molar-refractivity contribution is 5.26. The minimum Gasteiger partial charge on any atom is -0.481 e. The lowest BCUT2D eigenvalue weighted by Crippen LogP contribution is -2.55. The molecule has 15 heavy (non-hydrogen) atoms. The molecule has 3 nitrogen and oxygen atoms in total. The third kappa shape index (κ3) is 1.79. The number of alkyl halides is 2. The second-order valence-corrected chi connectivity index (χ2v) is 3.93.